The Morgan fingerprint density at radius 3 is 1.47 bits per heavy atom. The van der Waals surface area contributed by atoms with Gasteiger partial charge in [0.2, 0.25) is 0 Å². The zero-order valence-corrected chi connectivity index (χ0v) is 20.7. The highest BCUT2D eigenvalue weighted by molar-refractivity contribution is 5.51. The first kappa shape index (κ1) is 23.2. The van der Waals surface area contributed by atoms with Gasteiger partial charge in [-0.2, -0.15) is 0 Å². The van der Waals surface area contributed by atoms with Crippen LogP contribution < -0.4 is 11.1 Å². The van der Waals surface area contributed by atoms with Crippen LogP contribution in [-0.2, 0) is 0 Å². The summed E-state index contributed by atoms with van der Waals surface area (Å²) in [6, 6.07) is 22.1. The molecule has 0 aliphatic carbocycles. The third-order valence-electron chi connectivity index (χ3n) is 6.64. The zero-order chi connectivity index (χ0) is 25.6. The fourth-order valence-corrected chi connectivity index (χ4v) is 4.74. The molecule has 0 aliphatic heterocycles. The van der Waals surface area contributed by atoms with E-state index < -0.39 is 5.92 Å². The lowest BCUT2D eigenvalue weighted by Crippen LogP contribution is -2.25. The SMILES string of the molecule is Cc1ccc(-n2[nH]c(C)c(C(c3ccccc3O)c3c(C)[nH]n(-c4ccc(C)cc4)c3=O)c2=O)cc1. The number of phenols is 1. The van der Waals surface area contributed by atoms with Gasteiger partial charge in [0, 0.05) is 17.0 Å². The van der Waals surface area contributed by atoms with Crippen molar-refractivity contribution < 1.29 is 5.11 Å². The summed E-state index contributed by atoms with van der Waals surface area (Å²) < 4.78 is 2.97. The Balaban J connectivity index is 1.77. The first-order valence-electron chi connectivity index (χ1n) is 11.8. The summed E-state index contributed by atoms with van der Waals surface area (Å²) in [4.78, 5) is 27.7. The molecule has 0 aliphatic rings. The number of aryl methyl sites for hydroxylation is 4. The Labute approximate surface area is 208 Å². The van der Waals surface area contributed by atoms with Gasteiger partial charge in [-0.05, 0) is 58.0 Å². The predicted molar refractivity (Wildman–Crippen MR) is 141 cm³/mol. The molecule has 0 fully saturated rings. The van der Waals surface area contributed by atoms with Gasteiger partial charge in [-0.15, -0.1) is 0 Å². The first-order chi connectivity index (χ1) is 17.3. The van der Waals surface area contributed by atoms with Crippen molar-refractivity contribution in [2.75, 3.05) is 0 Å². The molecule has 0 saturated carbocycles. The Hall–Kier alpha value is -4.52. The minimum atomic E-state index is -0.780. The van der Waals surface area contributed by atoms with Crippen LogP contribution in [0.3, 0.4) is 0 Å². The number of hydrogen-bond donors (Lipinski definition) is 3. The molecular formula is C29H28N4O3. The molecular weight excluding hydrogens is 452 g/mol. The molecule has 3 N–H and O–H groups in total. The largest absolute Gasteiger partial charge is 0.508 e. The molecule has 182 valence electrons. The number of para-hydroxylation sites is 1. The number of aromatic amines is 2. The van der Waals surface area contributed by atoms with E-state index in [0.29, 0.717) is 39.5 Å². The number of hydrogen-bond acceptors (Lipinski definition) is 3. The molecule has 5 aromatic rings. The number of nitrogens with one attached hydrogen (secondary N) is 2. The molecule has 2 heterocycles. The fraction of sp³-hybridized carbons (Fsp3) is 0.172. The number of nitrogens with zero attached hydrogens (tertiary/aromatic N) is 2. The van der Waals surface area contributed by atoms with Crippen molar-refractivity contribution >= 4 is 0 Å². The number of aromatic nitrogens is 4. The summed E-state index contributed by atoms with van der Waals surface area (Å²) in [6.45, 7) is 7.60. The molecule has 5 rings (SSSR count). The van der Waals surface area contributed by atoms with Crippen molar-refractivity contribution in [1.29, 1.82) is 0 Å². The number of benzene rings is 3. The van der Waals surface area contributed by atoms with Crippen molar-refractivity contribution in [3.63, 3.8) is 0 Å². The van der Waals surface area contributed by atoms with Crippen molar-refractivity contribution in [1.82, 2.24) is 19.6 Å². The standard InChI is InChI=1S/C29H28N4O3/c1-17-9-13-21(14-10-17)32-28(35)25(19(3)30-32)27(23-7-5-6-8-24(23)34)26-20(4)31-33(29(26)36)22-15-11-18(2)12-16-22/h5-16,27,30-31,34H,1-4H3. The lowest BCUT2D eigenvalue weighted by Gasteiger charge is -2.17. The summed E-state index contributed by atoms with van der Waals surface area (Å²) in [5.41, 5.74) is 5.56. The maximum absolute atomic E-state index is 13.8. The third-order valence-corrected chi connectivity index (χ3v) is 6.64. The van der Waals surface area contributed by atoms with Gasteiger partial charge in [0.1, 0.15) is 5.75 Å². The lowest BCUT2D eigenvalue weighted by atomic mass is 9.85. The predicted octanol–water partition coefficient (Wildman–Crippen LogP) is 4.76. The van der Waals surface area contributed by atoms with Crippen LogP contribution in [0.15, 0.2) is 82.4 Å². The van der Waals surface area contributed by atoms with Crippen LogP contribution in [0, 0.1) is 27.7 Å². The molecule has 0 radical (unpaired) electrons. The van der Waals surface area contributed by atoms with E-state index in [1.807, 2.05) is 76.2 Å². The van der Waals surface area contributed by atoms with Crippen LogP contribution >= 0.6 is 0 Å². The summed E-state index contributed by atoms with van der Waals surface area (Å²) >= 11 is 0. The van der Waals surface area contributed by atoms with Crippen molar-refractivity contribution in [2.45, 2.75) is 33.6 Å². The van der Waals surface area contributed by atoms with Crippen LogP contribution in [0.5, 0.6) is 5.75 Å². The van der Waals surface area contributed by atoms with Crippen LogP contribution in [0.2, 0.25) is 0 Å². The van der Waals surface area contributed by atoms with Gasteiger partial charge in [0.25, 0.3) is 11.1 Å². The van der Waals surface area contributed by atoms with Crippen molar-refractivity contribution in [3.8, 4) is 17.1 Å². The second kappa shape index (κ2) is 8.92. The molecule has 0 spiro atoms. The van der Waals surface area contributed by atoms with E-state index in [4.69, 9.17) is 0 Å². The molecule has 3 aromatic carbocycles. The highest BCUT2D eigenvalue weighted by Gasteiger charge is 2.32. The van der Waals surface area contributed by atoms with E-state index in [1.54, 1.807) is 24.3 Å². The molecule has 36 heavy (non-hydrogen) atoms. The number of phenolic OH excluding ortho intramolecular Hbond substituents is 1. The van der Waals surface area contributed by atoms with Crippen LogP contribution in [0.1, 0.15) is 45.1 Å². The Kier molecular flexibility index (Phi) is 5.76. The van der Waals surface area contributed by atoms with E-state index in [0.717, 1.165) is 11.1 Å². The highest BCUT2D eigenvalue weighted by Crippen LogP contribution is 2.36. The Morgan fingerprint density at radius 2 is 1.06 bits per heavy atom. The van der Waals surface area contributed by atoms with Gasteiger partial charge < -0.3 is 5.11 Å². The van der Waals surface area contributed by atoms with E-state index in [-0.39, 0.29) is 16.9 Å². The molecule has 0 unspecified atom stereocenters. The second-order valence-electron chi connectivity index (χ2n) is 9.25. The van der Waals surface area contributed by atoms with E-state index in [2.05, 4.69) is 10.2 Å². The maximum atomic E-state index is 13.8. The van der Waals surface area contributed by atoms with Crippen LogP contribution in [0.25, 0.3) is 11.4 Å². The molecule has 0 saturated heterocycles. The quantitative estimate of drug-likeness (QED) is 0.338. The normalized spacial score (nSPS) is 11.4. The van der Waals surface area contributed by atoms with Gasteiger partial charge in [0.05, 0.1) is 28.4 Å². The minimum Gasteiger partial charge on any atom is -0.508 e. The minimum absolute atomic E-state index is 0.0197. The van der Waals surface area contributed by atoms with Crippen LogP contribution in [-0.4, -0.2) is 24.7 Å². The van der Waals surface area contributed by atoms with E-state index in [1.165, 1.54) is 9.36 Å². The van der Waals surface area contributed by atoms with Gasteiger partial charge in [0.15, 0.2) is 0 Å². The summed E-state index contributed by atoms with van der Waals surface area (Å²) in [5.74, 6) is -0.761. The van der Waals surface area contributed by atoms with Crippen molar-refractivity contribution in [3.05, 3.63) is 133 Å². The summed E-state index contributed by atoms with van der Waals surface area (Å²) in [6.07, 6.45) is 0. The third kappa shape index (κ3) is 3.88. The van der Waals surface area contributed by atoms with Crippen LogP contribution in [0.4, 0.5) is 0 Å². The van der Waals surface area contributed by atoms with Gasteiger partial charge in [-0.1, -0.05) is 53.6 Å². The highest BCUT2D eigenvalue weighted by atomic mass is 16.3. The Morgan fingerprint density at radius 1 is 0.639 bits per heavy atom. The molecule has 0 bridgehead atoms. The van der Waals surface area contributed by atoms with Gasteiger partial charge in [-0.25, -0.2) is 9.36 Å². The zero-order valence-electron chi connectivity index (χ0n) is 20.7. The average molecular weight is 481 g/mol. The smallest absolute Gasteiger partial charge is 0.275 e. The molecule has 7 heteroatoms. The average Bonchev–Trinajstić information content (AvgIpc) is 3.32. The second-order valence-corrected chi connectivity index (χ2v) is 9.25. The lowest BCUT2D eigenvalue weighted by molar-refractivity contribution is 0.467. The Bertz CT molecular complexity index is 1560. The van der Waals surface area contributed by atoms with Crippen molar-refractivity contribution in [2.24, 2.45) is 0 Å². The molecule has 0 amide bonds. The number of aromatic hydroxyl groups is 1. The molecule has 2 aromatic heterocycles. The number of H-pyrrole nitrogens is 2. The van der Waals surface area contributed by atoms with E-state index in [9.17, 15) is 14.7 Å². The molecule has 0 atom stereocenters. The van der Waals surface area contributed by atoms with Gasteiger partial charge >= 0.3 is 0 Å². The van der Waals surface area contributed by atoms with Gasteiger partial charge in [-0.3, -0.25) is 19.8 Å². The monoisotopic (exact) mass is 480 g/mol. The maximum Gasteiger partial charge on any atom is 0.275 e. The topological polar surface area (TPSA) is 95.8 Å². The first-order valence-corrected chi connectivity index (χ1v) is 11.8. The molecule has 7 nitrogen and oxygen atoms in total. The fourth-order valence-electron chi connectivity index (χ4n) is 4.74. The number of rotatable bonds is 5. The summed E-state index contributed by atoms with van der Waals surface area (Å²) in [5, 5.41) is 17.2. The summed E-state index contributed by atoms with van der Waals surface area (Å²) in [7, 11) is 0. The van der Waals surface area contributed by atoms with E-state index >= 15 is 0 Å².